The Morgan fingerprint density at radius 1 is 0.763 bits per heavy atom. The van der Waals surface area contributed by atoms with Crippen molar-refractivity contribution in [3.05, 3.63) is 102 Å². The first-order valence-corrected chi connectivity index (χ1v) is 14.3. The molecule has 12 heteroatoms. The second-order valence-electron chi connectivity index (χ2n) is 8.25. The normalized spacial score (nSPS) is 15.3. The van der Waals surface area contributed by atoms with E-state index in [1.807, 2.05) is 0 Å². The second kappa shape index (κ2) is 9.49. The van der Waals surface area contributed by atoms with E-state index in [1.54, 1.807) is 54.6 Å². The topological polar surface area (TPSA) is 141 Å². The fourth-order valence-corrected chi connectivity index (χ4v) is 6.05. The summed E-state index contributed by atoms with van der Waals surface area (Å²) in [5.74, 6) is -0.593. The Balaban J connectivity index is 1.81. The van der Waals surface area contributed by atoms with Crippen molar-refractivity contribution in [1.82, 2.24) is 0 Å². The van der Waals surface area contributed by atoms with Crippen molar-refractivity contribution in [3.8, 4) is 0 Å². The van der Waals surface area contributed by atoms with Gasteiger partial charge in [0.05, 0.1) is 5.69 Å². The van der Waals surface area contributed by atoms with Gasteiger partial charge in [-0.15, -0.1) is 12.6 Å². The number of hydrogen-bond acceptors (Lipinski definition) is 7. The summed E-state index contributed by atoms with van der Waals surface area (Å²) in [6.45, 7) is 0. The Labute approximate surface area is 223 Å². The summed E-state index contributed by atoms with van der Waals surface area (Å²) in [4.78, 5) is 18.6. The smallest absolute Gasteiger partial charge is 0.282 e. The molecule has 0 atom stereocenters. The molecule has 9 nitrogen and oxygen atoms in total. The molecule has 0 aliphatic carbocycles. The number of anilines is 1. The molecule has 38 heavy (non-hydrogen) atoms. The number of nitrogens with zero attached hydrogens (tertiary/aromatic N) is 2. The van der Waals surface area contributed by atoms with Gasteiger partial charge in [0, 0.05) is 21.2 Å². The van der Waals surface area contributed by atoms with E-state index in [0.717, 1.165) is 11.0 Å². The van der Waals surface area contributed by atoms with E-state index in [4.69, 9.17) is 0 Å². The van der Waals surface area contributed by atoms with Crippen LogP contribution in [0.15, 0.2) is 110 Å². The maximum absolute atomic E-state index is 13.8. The fourth-order valence-electron chi connectivity index (χ4n) is 4.24. The van der Waals surface area contributed by atoms with Crippen LogP contribution in [0.5, 0.6) is 0 Å². The monoisotopic (exact) mass is 566 g/mol. The minimum absolute atomic E-state index is 0.0153. The highest BCUT2D eigenvalue weighted by Gasteiger charge is 2.37. The van der Waals surface area contributed by atoms with Crippen LogP contribution in [0.25, 0.3) is 16.8 Å². The maximum atomic E-state index is 13.8. The SMILES string of the molecule is O=C1/C(=C/c2ccccc2S)N=C(c2ccccc2)N1c1ccc2c(S(=O)(=O)O)cccc2c1S(=O)(=O)O. The van der Waals surface area contributed by atoms with Crippen LogP contribution in [-0.4, -0.2) is 37.7 Å². The van der Waals surface area contributed by atoms with Crippen molar-refractivity contribution in [2.45, 2.75) is 14.7 Å². The summed E-state index contributed by atoms with van der Waals surface area (Å²) in [5, 5.41) is -0.366. The van der Waals surface area contributed by atoms with E-state index >= 15 is 0 Å². The van der Waals surface area contributed by atoms with Crippen LogP contribution in [0, 0.1) is 0 Å². The van der Waals surface area contributed by atoms with E-state index in [-0.39, 0.29) is 28.0 Å². The van der Waals surface area contributed by atoms with Crippen LogP contribution >= 0.6 is 12.6 Å². The summed E-state index contributed by atoms with van der Waals surface area (Å²) >= 11 is 4.41. The quantitative estimate of drug-likeness (QED) is 0.184. The van der Waals surface area contributed by atoms with Gasteiger partial charge in [-0.05, 0) is 29.8 Å². The molecule has 192 valence electrons. The van der Waals surface area contributed by atoms with Gasteiger partial charge in [0.25, 0.3) is 26.1 Å². The van der Waals surface area contributed by atoms with Gasteiger partial charge in [0.2, 0.25) is 0 Å². The Bertz CT molecular complexity index is 1900. The first-order chi connectivity index (χ1) is 18.0. The molecule has 5 rings (SSSR count). The molecule has 1 heterocycles. The standard InChI is InChI=1S/C26H18N2O7S3/c29-26-20(15-17-9-4-5-11-22(17)36)27-25(16-7-2-1-3-8-16)28(26)21-14-13-18-19(24(21)38(33,34)35)10-6-12-23(18)37(30,31)32/h1-15,36H,(H,30,31,32)(H,33,34,35)/b20-15-. The van der Waals surface area contributed by atoms with E-state index in [0.29, 0.717) is 16.0 Å². The van der Waals surface area contributed by atoms with Crippen molar-refractivity contribution in [1.29, 1.82) is 0 Å². The van der Waals surface area contributed by atoms with Gasteiger partial charge in [0.1, 0.15) is 21.3 Å². The number of aliphatic imine (C=N–C) groups is 1. The Morgan fingerprint density at radius 2 is 1.45 bits per heavy atom. The number of fused-ring (bicyclic) bond motifs is 1. The Kier molecular flexibility index (Phi) is 6.45. The number of amides is 1. The van der Waals surface area contributed by atoms with Crippen LogP contribution in [-0.2, 0) is 25.0 Å². The lowest BCUT2D eigenvalue weighted by molar-refractivity contribution is -0.113. The molecule has 0 saturated heterocycles. The molecule has 1 aliphatic heterocycles. The zero-order valence-electron chi connectivity index (χ0n) is 19.3. The van der Waals surface area contributed by atoms with Gasteiger partial charge >= 0.3 is 0 Å². The molecule has 0 saturated carbocycles. The number of hydrogen-bond donors (Lipinski definition) is 3. The van der Waals surface area contributed by atoms with Crippen molar-refractivity contribution < 1.29 is 30.7 Å². The third-order valence-electron chi connectivity index (χ3n) is 5.85. The molecule has 0 unspecified atom stereocenters. The van der Waals surface area contributed by atoms with E-state index in [9.17, 15) is 30.7 Å². The van der Waals surface area contributed by atoms with Gasteiger partial charge in [-0.3, -0.25) is 18.8 Å². The zero-order chi connectivity index (χ0) is 27.2. The maximum Gasteiger partial charge on any atom is 0.297 e. The molecule has 0 spiro atoms. The number of carbonyl (C=O) groups excluding carboxylic acids is 1. The lowest BCUT2D eigenvalue weighted by atomic mass is 10.1. The highest BCUT2D eigenvalue weighted by molar-refractivity contribution is 7.86. The molecule has 2 N–H and O–H groups in total. The largest absolute Gasteiger partial charge is 0.297 e. The first-order valence-electron chi connectivity index (χ1n) is 11.0. The van der Waals surface area contributed by atoms with Gasteiger partial charge in [-0.25, -0.2) is 4.99 Å². The minimum atomic E-state index is -5.03. The molecule has 1 amide bonds. The van der Waals surface area contributed by atoms with Crippen LogP contribution < -0.4 is 4.90 Å². The molecule has 0 aromatic heterocycles. The highest BCUT2D eigenvalue weighted by atomic mass is 32.2. The lowest BCUT2D eigenvalue weighted by Gasteiger charge is -2.22. The summed E-state index contributed by atoms with van der Waals surface area (Å²) in [6, 6.07) is 21.6. The predicted molar refractivity (Wildman–Crippen MR) is 146 cm³/mol. The van der Waals surface area contributed by atoms with Gasteiger partial charge < -0.3 is 0 Å². The van der Waals surface area contributed by atoms with Crippen molar-refractivity contribution in [3.63, 3.8) is 0 Å². The van der Waals surface area contributed by atoms with Crippen LogP contribution in [0.4, 0.5) is 5.69 Å². The van der Waals surface area contributed by atoms with Crippen LogP contribution in [0.1, 0.15) is 11.1 Å². The predicted octanol–water partition coefficient (Wildman–Crippen LogP) is 4.46. The second-order valence-corrected chi connectivity index (χ2v) is 11.5. The van der Waals surface area contributed by atoms with E-state index in [1.165, 1.54) is 30.3 Å². The molecular weight excluding hydrogens is 548 g/mol. The third kappa shape index (κ3) is 4.64. The highest BCUT2D eigenvalue weighted by Crippen LogP contribution is 2.39. The molecule has 0 fully saturated rings. The van der Waals surface area contributed by atoms with Crippen molar-refractivity contribution in [2.75, 3.05) is 4.90 Å². The molecule has 4 aromatic rings. The Morgan fingerprint density at radius 3 is 2.11 bits per heavy atom. The average molecular weight is 567 g/mol. The fraction of sp³-hybridized carbons (Fsp3) is 0. The zero-order valence-corrected chi connectivity index (χ0v) is 21.8. The van der Waals surface area contributed by atoms with Gasteiger partial charge in [-0.2, -0.15) is 16.8 Å². The van der Waals surface area contributed by atoms with Gasteiger partial charge in [0.15, 0.2) is 0 Å². The summed E-state index contributed by atoms with van der Waals surface area (Å²) in [5.41, 5.74) is 0.820. The molecule has 4 aromatic carbocycles. The molecule has 0 radical (unpaired) electrons. The summed E-state index contributed by atoms with van der Waals surface area (Å²) in [6.07, 6.45) is 1.51. The minimum Gasteiger partial charge on any atom is -0.282 e. The summed E-state index contributed by atoms with van der Waals surface area (Å²) < 4.78 is 69.2. The van der Waals surface area contributed by atoms with Crippen molar-refractivity contribution in [2.24, 2.45) is 4.99 Å². The van der Waals surface area contributed by atoms with Gasteiger partial charge in [-0.1, -0.05) is 66.7 Å². The third-order valence-corrected chi connectivity index (χ3v) is 8.11. The molecular formula is C26H18N2O7S3. The van der Waals surface area contributed by atoms with Crippen LogP contribution in [0.2, 0.25) is 0 Å². The first kappa shape index (κ1) is 25.8. The Hall–Kier alpha value is -3.81. The lowest BCUT2D eigenvalue weighted by Crippen LogP contribution is -2.34. The number of thiol groups is 1. The number of benzene rings is 4. The molecule has 0 bridgehead atoms. The van der Waals surface area contributed by atoms with E-state index in [2.05, 4.69) is 17.6 Å². The number of amidine groups is 1. The number of carbonyl (C=O) groups is 1. The van der Waals surface area contributed by atoms with Crippen LogP contribution in [0.3, 0.4) is 0 Å². The van der Waals surface area contributed by atoms with Crippen molar-refractivity contribution >= 4 is 67.1 Å². The molecule has 1 aliphatic rings. The number of rotatable bonds is 5. The summed E-state index contributed by atoms with van der Waals surface area (Å²) in [7, 11) is -9.76. The average Bonchev–Trinajstić information content (AvgIpc) is 3.19. The van der Waals surface area contributed by atoms with E-state index < -0.39 is 35.9 Å².